The van der Waals surface area contributed by atoms with Gasteiger partial charge >= 0.3 is 0 Å². The number of hydrogen-bond donors (Lipinski definition) is 2. The van der Waals surface area contributed by atoms with Gasteiger partial charge in [0.1, 0.15) is 15.4 Å². The van der Waals surface area contributed by atoms with Crippen LogP contribution in [0.3, 0.4) is 0 Å². The van der Waals surface area contributed by atoms with E-state index in [2.05, 4.69) is 15.3 Å². The maximum absolute atomic E-state index is 11.9. The Labute approximate surface area is 147 Å². The van der Waals surface area contributed by atoms with E-state index in [0.29, 0.717) is 23.7 Å². The Balaban J connectivity index is 1.70. The Kier molecular flexibility index (Phi) is 3.20. The number of sulfonamides is 1. The van der Waals surface area contributed by atoms with Crippen LogP contribution >= 0.6 is 11.3 Å². The number of nitrogens with one attached hydrogen (secondary N) is 1. The van der Waals surface area contributed by atoms with Crippen LogP contribution in [0.25, 0.3) is 21.7 Å². The van der Waals surface area contributed by atoms with E-state index in [1.54, 1.807) is 12.3 Å². The quantitative estimate of drug-likeness (QED) is 0.703. The number of hydrogen-bond acceptors (Lipinski definition) is 8. The van der Waals surface area contributed by atoms with Gasteiger partial charge in [-0.15, -0.1) is 11.3 Å². The van der Waals surface area contributed by atoms with Gasteiger partial charge < -0.3 is 14.6 Å². The van der Waals surface area contributed by atoms with E-state index in [9.17, 15) is 8.42 Å². The van der Waals surface area contributed by atoms with Crippen LogP contribution in [0.4, 0.5) is 6.01 Å². The summed E-state index contributed by atoms with van der Waals surface area (Å²) in [6.07, 6.45) is 2.85. The van der Waals surface area contributed by atoms with Crippen LogP contribution in [0.2, 0.25) is 0 Å². The number of benzene rings is 1. The molecule has 0 aliphatic carbocycles. The van der Waals surface area contributed by atoms with Crippen LogP contribution in [0.5, 0.6) is 0 Å². The highest BCUT2D eigenvalue weighted by Gasteiger charge is 2.38. The number of oxazole rings is 1. The minimum absolute atomic E-state index is 0.0295. The van der Waals surface area contributed by atoms with Crippen molar-refractivity contribution in [3.63, 3.8) is 0 Å². The van der Waals surface area contributed by atoms with Crippen molar-refractivity contribution in [2.24, 2.45) is 5.14 Å². The maximum Gasteiger partial charge on any atom is 0.298 e. The van der Waals surface area contributed by atoms with Crippen LogP contribution in [-0.2, 0) is 10.0 Å². The molecular weight excluding hydrogens is 362 g/mol. The highest BCUT2D eigenvalue weighted by Crippen LogP contribution is 2.37. The number of primary sulfonamides is 1. The number of nitrogens with zero attached hydrogens (tertiary/aromatic N) is 3. The van der Waals surface area contributed by atoms with Crippen molar-refractivity contribution in [1.29, 1.82) is 0 Å². The molecule has 130 valence electrons. The van der Waals surface area contributed by atoms with Crippen molar-refractivity contribution in [2.75, 3.05) is 18.0 Å². The first-order chi connectivity index (χ1) is 12.0. The van der Waals surface area contributed by atoms with E-state index in [0.717, 1.165) is 30.1 Å². The van der Waals surface area contributed by atoms with E-state index >= 15 is 0 Å². The van der Waals surface area contributed by atoms with Crippen LogP contribution in [-0.4, -0.2) is 43.6 Å². The molecule has 3 saturated heterocycles. The lowest BCUT2D eigenvalue weighted by Gasteiger charge is -2.47. The zero-order chi connectivity index (χ0) is 17.2. The van der Waals surface area contributed by atoms with Crippen LogP contribution < -0.4 is 15.4 Å². The number of piperazine rings is 1. The molecule has 3 aliphatic heterocycles. The number of piperidine rings is 1. The zero-order valence-electron chi connectivity index (χ0n) is 13.0. The molecule has 3 aromatic rings. The predicted molar refractivity (Wildman–Crippen MR) is 94.0 cm³/mol. The second-order valence-electron chi connectivity index (χ2n) is 6.37. The molecule has 2 aromatic heterocycles. The van der Waals surface area contributed by atoms with Crippen molar-refractivity contribution in [3.8, 4) is 10.6 Å². The summed E-state index contributed by atoms with van der Waals surface area (Å²) in [6.45, 7) is 1.58. The number of fused-ring (bicyclic) bond motifs is 3. The molecule has 2 unspecified atom stereocenters. The van der Waals surface area contributed by atoms with Gasteiger partial charge in [0.15, 0.2) is 5.58 Å². The van der Waals surface area contributed by atoms with Gasteiger partial charge in [-0.2, -0.15) is 4.98 Å². The standard InChI is InChI=1S/C15H15N5O3S2/c16-25(21,22)11-2-1-10(14-17-3-4-24-14)13-12(11)19-15(23-13)20-6-8-5-9(7-20)18-8/h1-4,8-9,18H,5-7H2,(H2,16,21,22). The molecule has 2 bridgehead atoms. The Morgan fingerprint density at radius 1 is 1.32 bits per heavy atom. The summed E-state index contributed by atoms with van der Waals surface area (Å²) in [5, 5.41) is 11.4. The second-order valence-corrected chi connectivity index (χ2v) is 8.79. The lowest BCUT2D eigenvalue weighted by Crippen LogP contribution is -2.67. The third-order valence-electron chi connectivity index (χ3n) is 4.66. The van der Waals surface area contributed by atoms with E-state index < -0.39 is 10.0 Å². The third-order valence-corrected chi connectivity index (χ3v) is 6.41. The van der Waals surface area contributed by atoms with Gasteiger partial charge in [-0.3, -0.25) is 0 Å². The van der Waals surface area contributed by atoms with Crippen molar-refractivity contribution in [2.45, 2.75) is 23.4 Å². The average Bonchev–Trinajstić information content (AvgIpc) is 3.22. The molecule has 1 aromatic carbocycles. The normalized spacial score (nSPS) is 23.0. The lowest BCUT2D eigenvalue weighted by molar-refractivity contribution is 0.220. The highest BCUT2D eigenvalue weighted by molar-refractivity contribution is 7.89. The number of thiazole rings is 1. The largest absolute Gasteiger partial charge is 0.423 e. The van der Waals surface area contributed by atoms with Crippen molar-refractivity contribution in [1.82, 2.24) is 15.3 Å². The Morgan fingerprint density at radius 2 is 2.08 bits per heavy atom. The summed E-state index contributed by atoms with van der Waals surface area (Å²) in [6, 6.07) is 4.44. The molecule has 2 atom stereocenters. The average molecular weight is 377 g/mol. The molecule has 0 amide bonds. The molecule has 10 heteroatoms. The Bertz CT molecular complexity index is 1040. The lowest BCUT2D eigenvalue weighted by atomic mass is 9.92. The summed E-state index contributed by atoms with van der Waals surface area (Å²) in [4.78, 5) is 10.8. The third kappa shape index (κ3) is 2.44. The molecule has 0 spiro atoms. The van der Waals surface area contributed by atoms with Gasteiger partial charge in [0.2, 0.25) is 10.0 Å². The fourth-order valence-corrected chi connectivity index (χ4v) is 4.86. The van der Waals surface area contributed by atoms with Crippen LogP contribution in [0, 0.1) is 0 Å². The molecular formula is C15H15N5O3S2. The summed E-state index contributed by atoms with van der Waals surface area (Å²) < 4.78 is 29.9. The van der Waals surface area contributed by atoms with E-state index in [1.165, 1.54) is 17.4 Å². The number of nitrogens with two attached hydrogens (primary N) is 1. The summed E-state index contributed by atoms with van der Waals surface area (Å²) >= 11 is 1.45. The fourth-order valence-electron chi connectivity index (χ4n) is 3.53. The second kappa shape index (κ2) is 5.24. The van der Waals surface area contributed by atoms with Gasteiger partial charge in [-0.1, -0.05) is 0 Å². The molecule has 3 N–H and O–H groups in total. The SMILES string of the molecule is NS(=O)(=O)c1ccc(-c2nccs2)c2oc(N3CC4CC(C3)N4)nc12. The molecule has 3 aliphatic rings. The first-order valence-electron chi connectivity index (χ1n) is 7.86. The summed E-state index contributed by atoms with van der Waals surface area (Å²) in [7, 11) is -3.90. The van der Waals surface area contributed by atoms with E-state index in [4.69, 9.17) is 9.56 Å². The minimum atomic E-state index is -3.90. The van der Waals surface area contributed by atoms with Gasteiger partial charge in [-0.25, -0.2) is 18.5 Å². The van der Waals surface area contributed by atoms with Crippen molar-refractivity contribution >= 4 is 38.5 Å². The summed E-state index contributed by atoms with van der Waals surface area (Å²) in [5.74, 6) is 0. The van der Waals surface area contributed by atoms with Crippen molar-refractivity contribution in [3.05, 3.63) is 23.7 Å². The number of aromatic nitrogens is 2. The predicted octanol–water partition coefficient (Wildman–Crippen LogP) is 1.15. The van der Waals surface area contributed by atoms with Gasteiger partial charge in [0.25, 0.3) is 6.01 Å². The smallest absolute Gasteiger partial charge is 0.298 e. The van der Waals surface area contributed by atoms with Gasteiger partial charge in [0.05, 0.1) is 5.56 Å². The molecule has 6 rings (SSSR count). The molecule has 5 heterocycles. The van der Waals surface area contributed by atoms with E-state index in [1.807, 2.05) is 10.3 Å². The minimum Gasteiger partial charge on any atom is -0.423 e. The van der Waals surface area contributed by atoms with Crippen LogP contribution in [0.15, 0.2) is 33.0 Å². The Morgan fingerprint density at radius 3 is 2.72 bits per heavy atom. The van der Waals surface area contributed by atoms with Gasteiger partial charge in [0, 0.05) is 36.8 Å². The molecule has 3 fully saturated rings. The fraction of sp³-hybridized carbons (Fsp3) is 0.333. The van der Waals surface area contributed by atoms with Crippen LogP contribution in [0.1, 0.15) is 6.42 Å². The first kappa shape index (κ1) is 15.3. The van der Waals surface area contributed by atoms with E-state index in [-0.39, 0.29) is 10.4 Å². The Hall–Kier alpha value is -2.01. The van der Waals surface area contributed by atoms with Gasteiger partial charge in [-0.05, 0) is 18.6 Å². The number of anilines is 1. The molecule has 0 radical (unpaired) electrons. The monoisotopic (exact) mass is 377 g/mol. The van der Waals surface area contributed by atoms with Crippen molar-refractivity contribution < 1.29 is 12.8 Å². The first-order valence-corrected chi connectivity index (χ1v) is 10.3. The maximum atomic E-state index is 11.9. The molecule has 8 nitrogen and oxygen atoms in total. The highest BCUT2D eigenvalue weighted by atomic mass is 32.2. The topological polar surface area (TPSA) is 114 Å². The molecule has 25 heavy (non-hydrogen) atoms. The molecule has 0 saturated carbocycles. The number of rotatable bonds is 3. The zero-order valence-corrected chi connectivity index (χ0v) is 14.7. The summed E-state index contributed by atoms with van der Waals surface area (Å²) in [5.41, 5.74) is 1.39.